The number of piperidine rings is 1. The van der Waals surface area contributed by atoms with Crippen molar-refractivity contribution in [1.29, 1.82) is 0 Å². The molecule has 1 amide bonds. The molecule has 0 aliphatic carbocycles. The maximum atomic E-state index is 13.2. The Balaban J connectivity index is 1.27. The van der Waals surface area contributed by atoms with Crippen molar-refractivity contribution >= 4 is 22.5 Å². The molecule has 5 rings (SSSR count). The van der Waals surface area contributed by atoms with Crippen LogP contribution in [0.1, 0.15) is 29.6 Å². The number of aromatic nitrogens is 3. The second-order valence-corrected chi connectivity index (χ2v) is 8.27. The van der Waals surface area contributed by atoms with E-state index < -0.39 is 0 Å². The number of H-pyrrole nitrogens is 1. The molecule has 8 heteroatoms. The summed E-state index contributed by atoms with van der Waals surface area (Å²) < 4.78 is 7.07. The van der Waals surface area contributed by atoms with E-state index in [1.807, 2.05) is 23.1 Å². The van der Waals surface area contributed by atoms with Crippen LogP contribution < -0.4 is 5.56 Å². The maximum Gasteiger partial charge on any atom is 0.259 e. The van der Waals surface area contributed by atoms with E-state index in [1.54, 1.807) is 16.8 Å². The molecule has 4 heterocycles. The van der Waals surface area contributed by atoms with E-state index in [1.165, 1.54) is 6.42 Å². The molecule has 2 aliphatic rings. The molecule has 1 aromatic carbocycles. The van der Waals surface area contributed by atoms with Gasteiger partial charge in [0.2, 0.25) is 0 Å². The zero-order valence-electron chi connectivity index (χ0n) is 17.0. The van der Waals surface area contributed by atoms with Crippen LogP contribution in [0.15, 0.2) is 35.3 Å². The lowest BCUT2D eigenvalue weighted by Crippen LogP contribution is -2.40. The van der Waals surface area contributed by atoms with Crippen LogP contribution in [-0.4, -0.2) is 76.2 Å². The van der Waals surface area contributed by atoms with Crippen LogP contribution in [0.2, 0.25) is 0 Å². The lowest BCUT2D eigenvalue weighted by molar-refractivity contribution is 0.0332. The van der Waals surface area contributed by atoms with Crippen molar-refractivity contribution in [1.82, 2.24) is 24.4 Å². The summed E-state index contributed by atoms with van der Waals surface area (Å²) >= 11 is 0. The number of likely N-dealkylation sites (tertiary alicyclic amines) is 1. The molecule has 2 fully saturated rings. The van der Waals surface area contributed by atoms with Gasteiger partial charge in [0.15, 0.2) is 0 Å². The van der Waals surface area contributed by atoms with Crippen LogP contribution in [0.3, 0.4) is 0 Å². The average Bonchev–Trinajstić information content (AvgIpc) is 3.22. The number of para-hydroxylation sites is 1. The predicted octanol–water partition coefficient (Wildman–Crippen LogP) is 1.75. The largest absolute Gasteiger partial charge is 0.379 e. The van der Waals surface area contributed by atoms with E-state index >= 15 is 0 Å². The molecule has 2 aliphatic heterocycles. The van der Waals surface area contributed by atoms with Gasteiger partial charge in [0.05, 0.1) is 30.3 Å². The second kappa shape index (κ2) is 8.20. The molecular formula is C22H27N5O3. The Bertz CT molecular complexity index is 1110. The van der Waals surface area contributed by atoms with Crippen LogP contribution in [-0.2, 0) is 4.74 Å². The quantitative estimate of drug-likeness (QED) is 0.710. The highest BCUT2D eigenvalue weighted by molar-refractivity contribution is 6.00. The van der Waals surface area contributed by atoms with Crippen LogP contribution >= 0.6 is 0 Å². The standard InChI is InChI=1S/C22H27N5O3/c28-21-17-3-1-2-4-19(17)27-20(24-21)18(15-23-27)22(29)26-9-6-16(7-10-26)5-8-25-11-13-30-14-12-25/h1-4,15-16H,5-14H2,(H,24,28). The number of carbonyl (C=O) groups excluding carboxylic acids is 1. The summed E-state index contributed by atoms with van der Waals surface area (Å²) in [6.07, 6.45) is 4.80. The molecule has 0 radical (unpaired) electrons. The fraction of sp³-hybridized carbons (Fsp3) is 0.500. The molecule has 8 nitrogen and oxygen atoms in total. The van der Waals surface area contributed by atoms with E-state index in [9.17, 15) is 9.59 Å². The number of hydrogen-bond donors (Lipinski definition) is 1. The zero-order chi connectivity index (χ0) is 20.5. The first kappa shape index (κ1) is 19.3. The smallest absolute Gasteiger partial charge is 0.259 e. The normalized spacial score (nSPS) is 19.0. The lowest BCUT2D eigenvalue weighted by Gasteiger charge is -2.33. The van der Waals surface area contributed by atoms with Gasteiger partial charge in [0, 0.05) is 26.2 Å². The molecule has 0 bridgehead atoms. The Hall–Kier alpha value is -2.71. The third kappa shape index (κ3) is 3.61. The molecule has 2 aromatic heterocycles. The second-order valence-electron chi connectivity index (χ2n) is 8.27. The molecule has 0 unspecified atom stereocenters. The Morgan fingerprint density at radius 2 is 1.90 bits per heavy atom. The van der Waals surface area contributed by atoms with Gasteiger partial charge in [-0.1, -0.05) is 12.1 Å². The first-order valence-corrected chi connectivity index (χ1v) is 10.8. The minimum Gasteiger partial charge on any atom is -0.379 e. The summed E-state index contributed by atoms with van der Waals surface area (Å²) in [6, 6.07) is 7.30. The number of nitrogens with zero attached hydrogens (tertiary/aromatic N) is 4. The Morgan fingerprint density at radius 3 is 2.70 bits per heavy atom. The van der Waals surface area contributed by atoms with E-state index in [2.05, 4.69) is 15.0 Å². The van der Waals surface area contributed by atoms with Gasteiger partial charge in [-0.05, 0) is 43.9 Å². The number of hydrogen-bond acceptors (Lipinski definition) is 5. The summed E-state index contributed by atoms with van der Waals surface area (Å²) in [5, 5.41) is 4.95. The third-order valence-electron chi connectivity index (χ3n) is 6.47. The Morgan fingerprint density at radius 1 is 1.13 bits per heavy atom. The van der Waals surface area contributed by atoms with Crippen molar-refractivity contribution in [3.05, 3.63) is 46.4 Å². The Labute approximate surface area is 174 Å². The van der Waals surface area contributed by atoms with Gasteiger partial charge in [0.25, 0.3) is 11.5 Å². The van der Waals surface area contributed by atoms with E-state index in [4.69, 9.17) is 4.74 Å². The zero-order valence-corrected chi connectivity index (χ0v) is 17.0. The van der Waals surface area contributed by atoms with Crippen molar-refractivity contribution in [3.8, 4) is 0 Å². The van der Waals surface area contributed by atoms with Gasteiger partial charge in [0.1, 0.15) is 11.2 Å². The number of rotatable bonds is 4. The third-order valence-corrected chi connectivity index (χ3v) is 6.47. The highest BCUT2D eigenvalue weighted by Gasteiger charge is 2.26. The summed E-state index contributed by atoms with van der Waals surface area (Å²) in [5.74, 6) is 0.604. The minimum absolute atomic E-state index is 0.0532. The number of ether oxygens (including phenoxy) is 1. The lowest BCUT2D eigenvalue weighted by atomic mass is 9.93. The van der Waals surface area contributed by atoms with E-state index in [0.29, 0.717) is 28.0 Å². The van der Waals surface area contributed by atoms with Gasteiger partial charge in [-0.15, -0.1) is 0 Å². The van der Waals surface area contributed by atoms with Crippen molar-refractivity contribution in [2.24, 2.45) is 5.92 Å². The number of fused-ring (bicyclic) bond motifs is 3. The maximum absolute atomic E-state index is 13.2. The monoisotopic (exact) mass is 409 g/mol. The van der Waals surface area contributed by atoms with Crippen LogP contribution in [0, 0.1) is 5.92 Å². The highest BCUT2D eigenvalue weighted by atomic mass is 16.5. The molecule has 0 atom stereocenters. The molecule has 0 spiro atoms. The fourth-order valence-electron chi connectivity index (χ4n) is 4.62. The summed E-state index contributed by atoms with van der Waals surface area (Å²) in [5.41, 5.74) is 1.44. The average molecular weight is 409 g/mol. The Kier molecular flexibility index (Phi) is 5.26. The SMILES string of the molecule is O=C(c1cnn2c1[nH]c(=O)c1ccccc12)N1CCC(CCN2CCOCC2)CC1. The van der Waals surface area contributed by atoms with Gasteiger partial charge < -0.3 is 14.6 Å². The first-order chi connectivity index (χ1) is 14.7. The summed E-state index contributed by atoms with van der Waals surface area (Å²) in [4.78, 5) is 32.8. The molecule has 0 saturated carbocycles. The number of morpholine rings is 1. The van der Waals surface area contributed by atoms with E-state index in [0.717, 1.165) is 58.8 Å². The summed E-state index contributed by atoms with van der Waals surface area (Å²) in [7, 11) is 0. The highest BCUT2D eigenvalue weighted by Crippen LogP contribution is 2.23. The number of carbonyl (C=O) groups is 1. The fourth-order valence-corrected chi connectivity index (χ4v) is 4.62. The molecule has 3 aromatic rings. The van der Waals surface area contributed by atoms with Gasteiger partial charge in [-0.25, -0.2) is 4.52 Å². The molecular weight excluding hydrogens is 382 g/mol. The topological polar surface area (TPSA) is 82.9 Å². The molecule has 2 saturated heterocycles. The van der Waals surface area contributed by atoms with Crippen LogP contribution in [0.5, 0.6) is 0 Å². The molecule has 30 heavy (non-hydrogen) atoms. The van der Waals surface area contributed by atoms with Crippen molar-refractivity contribution in [3.63, 3.8) is 0 Å². The molecule has 158 valence electrons. The van der Waals surface area contributed by atoms with E-state index in [-0.39, 0.29) is 11.5 Å². The van der Waals surface area contributed by atoms with Crippen LogP contribution in [0.25, 0.3) is 16.6 Å². The van der Waals surface area contributed by atoms with Crippen LogP contribution in [0.4, 0.5) is 0 Å². The van der Waals surface area contributed by atoms with Crippen molar-refractivity contribution in [2.75, 3.05) is 45.9 Å². The number of aromatic amines is 1. The first-order valence-electron chi connectivity index (χ1n) is 10.8. The van der Waals surface area contributed by atoms with Crippen molar-refractivity contribution in [2.45, 2.75) is 19.3 Å². The number of amides is 1. The summed E-state index contributed by atoms with van der Waals surface area (Å²) in [6.45, 7) is 6.35. The molecule has 1 N–H and O–H groups in total. The van der Waals surface area contributed by atoms with Gasteiger partial charge in [-0.3, -0.25) is 14.5 Å². The minimum atomic E-state index is -0.200. The van der Waals surface area contributed by atoms with Gasteiger partial charge in [-0.2, -0.15) is 5.10 Å². The number of benzene rings is 1. The van der Waals surface area contributed by atoms with Gasteiger partial charge >= 0.3 is 0 Å². The predicted molar refractivity (Wildman–Crippen MR) is 114 cm³/mol. The van der Waals surface area contributed by atoms with Crippen molar-refractivity contribution < 1.29 is 9.53 Å². The number of nitrogens with one attached hydrogen (secondary N) is 1.